The number of carbonyl (C=O) groups is 1. The highest BCUT2D eigenvalue weighted by Crippen LogP contribution is 2.43. The average molecular weight is 416 g/mol. The largest absolute Gasteiger partial charge is 0.497 e. The zero-order valence-electron chi connectivity index (χ0n) is 17.0. The van der Waals surface area contributed by atoms with Gasteiger partial charge < -0.3 is 9.64 Å². The maximum absolute atomic E-state index is 14.1. The Morgan fingerprint density at radius 1 is 1.13 bits per heavy atom. The Hall–Kier alpha value is -3.83. The summed E-state index contributed by atoms with van der Waals surface area (Å²) in [5.74, 6) is -0.398. The molecule has 31 heavy (non-hydrogen) atoms. The smallest absolute Gasteiger partial charge is 0.234 e. The van der Waals surface area contributed by atoms with Crippen molar-refractivity contribution in [3.63, 3.8) is 0 Å². The number of nitrogens with zero attached hydrogens (tertiary/aromatic N) is 4. The zero-order valence-corrected chi connectivity index (χ0v) is 17.0. The second-order valence-electron chi connectivity index (χ2n) is 7.40. The van der Waals surface area contributed by atoms with E-state index in [1.165, 1.54) is 12.1 Å². The third-order valence-corrected chi connectivity index (χ3v) is 5.55. The van der Waals surface area contributed by atoms with Crippen molar-refractivity contribution in [2.45, 2.75) is 24.9 Å². The van der Waals surface area contributed by atoms with Gasteiger partial charge in [0.25, 0.3) is 0 Å². The fourth-order valence-corrected chi connectivity index (χ4v) is 4.01. The van der Waals surface area contributed by atoms with E-state index in [0.29, 0.717) is 17.8 Å². The van der Waals surface area contributed by atoms with Crippen molar-refractivity contribution in [3.8, 4) is 5.75 Å². The summed E-state index contributed by atoms with van der Waals surface area (Å²) in [5, 5.41) is 3.92. The first kappa shape index (κ1) is 20.4. The molecule has 3 aromatic carbocycles. The minimum atomic E-state index is -0.598. The summed E-state index contributed by atoms with van der Waals surface area (Å²) in [6, 6.07) is 20.7. The molecule has 4 rings (SSSR count). The van der Waals surface area contributed by atoms with Gasteiger partial charge in [-0.25, -0.2) is 4.39 Å². The highest BCUT2D eigenvalue weighted by Gasteiger charge is 2.38. The Morgan fingerprint density at radius 2 is 1.87 bits per heavy atom. The van der Waals surface area contributed by atoms with Gasteiger partial charge in [-0.05, 0) is 59.0 Å². The fraction of sp³-hybridized carbons (Fsp3) is 0.208. The van der Waals surface area contributed by atoms with Crippen LogP contribution in [0.25, 0.3) is 10.4 Å². The number of methoxy groups -OCH3 is 1. The normalized spacial score (nSPS) is 15.9. The number of carbonyl (C=O) groups excluding carboxylic acids is 1. The molecule has 156 valence electrons. The van der Waals surface area contributed by atoms with Crippen LogP contribution in [0.1, 0.15) is 35.1 Å². The molecule has 3 aromatic rings. The predicted octanol–water partition coefficient (Wildman–Crippen LogP) is 5.91. The van der Waals surface area contributed by atoms with Crippen molar-refractivity contribution in [2.75, 3.05) is 12.0 Å². The van der Waals surface area contributed by atoms with Gasteiger partial charge in [-0.3, -0.25) is 4.79 Å². The topological polar surface area (TPSA) is 78.3 Å². The standard InChI is InChI=1S/C24H21FN4O2/c1-31-19-10-7-16(8-11-19)15-29-23-12-9-18(25)13-20(23)21(24(29)30)14-22(27-28-26)17-5-3-2-4-6-17/h2-13,21-22H,14-15H2,1H3. The van der Waals surface area contributed by atoms with E-state index in [2.05, 4.69) is 10.0 Å². The van der Waals surface area contributed by atoms with E-state index >= 15 is 0 Å². The minimum Gasteiger partial charge on any atom is -0.497 e. The second kappa shape index (κ2) is 8.90. The minimum absolute atomic E-state index is 0.134. The van der Waals surface area contributed by atoms with Crippen LogP contribution in [0.4, 0.5) is 10.1 Å². The van der Waals surface area contributed by atoms with Gasteiger partial charge >= 0.3 is 0 Å². The first-order valence-electron chi connectivity index (χ1n) is 9.93. The lowest BCUT2D eigenvalue weighted by Gasteiger charge is -2.19. The zero-order chi connectivity index (χ0) is 21.8. The average Bonchev–Trinajstić information content (AvgIpc) is 3.05. The third kappa shape index (κ3) is 4.22. The molecule has 0 saturated heterocycles. The number of amides is 1. The van der Waals surface area contributed by atoms with Crippen molar-refractivity contribution in [2.24, 2.45) is 5.11 Å². The summed E-state index contributed by atoms with van der Waals surface area (Å²) in [5.41, 5.74) is 12.1. The molecule has 0 radical (unpaired) electrons. The number of azide groups is 1. The SMILES string of the molecule is COc1ccc(CN2C(=O)C(CC(N=[N+]=[N-])c3ccccc3)c3cc(F)ccc32)cc1. The molecule has 2 atom stereocenters. The lowest BCUT2D eigenvalue weighted by atomic mass is 9.90. The molecule has 1 amide bonds. The van der Waals surface area contributed by atoms with Gasteiger partial charge in [0.2, 0.25) is 5.91 Å². The lowest BCUT2D eigenvalue weighted by molar-refractivity contribution is -0.119. The van der Waals surface area contributed by atoms with E-state index in [-0.39, 0.29) is 12.3 Å². The number of hydrogen-bond acceptors (Lipinski definition) is 3. The van der Waals surface area contributed by atoms with Crippen molar-refractivity contribution in [1.82, 2.24) is 0 Å². The monoisotopic (exact) mass is 416 g/mol. The number of ether oxygens (including phenoxy) is 1. The molecule has 0 N–H and O–H groups in total. The number of benzene rings is 3. The molecule has 1 aliphatic heterocycles. The molecule has 0 saturated carbocycles. The van der Waals surface area contributed by atoms with Crippen LogP contribution in [0.5, 0.6) is 5.75 Å². The van der Waals surface area contributed by atoms with Crippen LogP contribution < -0.4 is 9.64 Å². The third-order valence-electron chi connectivity index (χ3n) is 5.55. The van der Waals surface area contributed by atoms with Crippen LogP contribution in [0.15, 0.2) is 77.9 Å². The predicted molar refractivity (Wildman–Crippen MR) is 116 cm³/mol. The first-order chi connectivity index (χ1) is 15.1. The Morgan fingerprint density at radius 3 is 2.55 bits per heavy atom. The van der Waals surface area contributed by atoms with Gasteiger partial charge in [0.15, 0.2) is 0 Å². The lowest BCUT2D eigenvalue weighted by Crippen LogP contribution is -2.28. The molecule has 0 fully saturated rings. The van der Waals surface area contributed by atoms with Crippen LogP contribution in [-0.2, 0) is 11.3 Å². The summed E-state index contributed by atoms with van der Waals surface area (Å²) in [6.07, 6.45) is 0.266. The van der Waals surface area contributed by atoms with Crippen molar-refractivity contribution >= 4 is 11.6 Å². The Labute approximate surface area is 179 Å². The van der Waals surface area contributed by atoms with Gasteiger partial charge in [0.1, 0.15) is 11.6 Å². The van der Waals surface area contributed by atoms with E-state index in [0.717, 1.165) is 16.9 Å². The molecule has 0 aliphatic carbocycles. The molecular weight excluding hydrogens is 395 g/mol. The summed E-state index contributed by atoms with van der Waals surface area (Å²) in [4.78, 5) is 18.1. The Balaban J connectivity index is 1.66. The Bertz CT molecular complexity index is 1130. The quantitative estimate of drug-likeness (QED) is 0.273. The fourth-order valence-electron chi connectivity index (χ4n) is 4.01. The molecule has 0 aromatic heterocycles. The van der Waals surface area contributed by atoms with Crippen LogP contribution >= 0.6 is 0 Å². The first-order valence-corrected chi connectivity index (χ1v) is 9.93. The van der Waals surface area contributed by atoms with Gasteiger partial charge in [0, 0.05) is 10.6 Å². The van der Waals surface area contributed by atoms with Crippen LogP contribution in [0, 0.1) is 5.82 Å². The number of hydrogen-bond donors (Lipinski definition) is 0. The van der Waals surface area contributed by atoms with E-state index in [9.17, 15) is 9.18 Å². The number of halogens is 1. The van der Waals surface area contributed by atoms with Gasteiger partial charge in [-0.15, -0.1) is 0 Å². The molecule has 0 bridgehead atoms. The number of rotatable bonds is 7. The van der Waals surface area contributed by atoms with Crippen LogP contribution in [-0.4, -0.2) is 13.0 Å². The molecule has 2 unspecified atom stereocenters. The highest BCUT2D eigenvalue weighted by molar-refractivity contribution is 6.04. The molecule has 7 heteroatoms. The van der Waals surface area contributed by atoms with Crippen molar-refractivity contribution in [3.05, 3.63) is 106 Å². The maximum Gasteiger partial charge on any atom is 0.234 e. The summed E-state index contributed by atoms with van der Waals surface area (Å²) < 4.78 is 19.3. The van der Waals surface area contributed by atoms with Crippen molar-refractivity contribution < 1.29 is 13.9 Å². The molecule has 6 nitrogen and oxygen atoms in total. The molecule has 1 aliphatic rings. The highest BCUT2D eigenvalue weighted by atomic mass is 19.1. The summed E-state index contributed by atoms with van der Waals surface area (Å²) in [6.45, 7) is 0.357. The van der Waals surface area contributed by atoms with E-state index in [1.54, 1.807) is 18.1 Å². The maximum atomic E-state index is 14.1. The van der Waals surface area contributed by atoms with Gasteiger partial charge in [-0.2, -0.15) is 0 Å². The van der Waals surface area contributed by atoms with E-state index in [1.807, 2.05) is 54.6 Å². The van der Waals surface area contributed by atoms with Gasteiger partial charge in [-0.1, -0.05) is 47.6 Å². The number of anilines is 1. The Kier molecular flexibility index (Phi) is 5.87. The van der Waals surface area contributed by atoms with Crippen LogP contribution in [0.3, 0.4) is 0 Å². The molecule has 0 spiro atoms. The van der Waals surface area contributed by atoms with E-state index in [4.69, 9.17) is 10.3 Å². The van der Waals surface area contributed by atoms with Crippen molar-refractivity contribution in [1.29, 1.82) is 0 Å². The van der Waals surface area contributed by atoms with E-state index < -0.39 is 17.8 Å². The molecular formula is C24H21FN4O2. The summed E-state index contributed by atoms with van der Waals surface area (Å²) in [7, 11) is 1.60. The second-order valence-corrected chi connectivity index (χ2v) is 7.40. The van der Waals surface area contributed by atoms with Crippen LogP contribution in [0.2, 0.25) is 0 Å². The van der Waals surface area contributed by atoms with Gasteiger partial charge in [0.05, 0.1) is 25.6 Å². The molecule has 1 heterocycles. The number of fused-ring (bicyclic) bond motifs is 1. The summed E-state index contributed by atoms with van der Waals surface area (Å²) >= 11 is 0.